The van der Waals surface area contributed by atoms with Crippen molar-refractivity contribution < 1.29 is 5.21 Å². The van der Waals surface area contributed by atoms with E-state index in [1.54, 1.807) is 12.1 Å². The maximum absolute atomic E-state index is 12.0. The number of rotatable bonds is 5. The Hall–Kier alpha value is -2.41. The number of anilines is 2. The monoisotopic (exact) mass is 388 g/mol. The van der Waals surface area contributed by atoms with Crippen LogP contribution in [0.2, 0.25) is 0 Å². The van der Waals surface area contributed by atoms with Crippen molar-refractivity contribution in [3.8, 4) is 0 Å². The summed E-state index contributed by atoms with van der Waals surface area (Å²) in [5, 5.41) is 10.5. The van der Waals surface area contributed by atoms with Gasteiger partial charge in [-0.25, -0.2) is 9.78 Å². The van der Waals surface area contributed by atoms with Gasteiger partial charge in [0.15, 0.2) is 5.65 Å². The second kappa shape index (κ2) is 7.00. The lowest BCUT2D eigenvalue weighted by Crippen LogP contribution is -2.28. The molecule has 3 aromatic rings. The lowest BCUT2D eigenvalue weighted by atomic mass is 10.2. The van der Waals surface area contributed by atoms with Gasteiger partial charge in [0, 0.05) is 22.9 Å². The molecule has 2 aromatic heterocycles. The first-order chi connectivity index (χ1) is 11.6. The molecule has 0 amide bonds. The van der Waals surface area contributed by atoms with Gasteiger partial charge in [0.25, 0.3) is 0 Å². The van der Waals surface area contributed by atoms with Crippen molar-refractivity contribution in [1.29, 1.82) is 0 Å². The first kappa shape index (κ1) is 16.4. The van der Waals surface area contributed by atoms with Crippen LogP contribution in [-0.4, -0.2) is 26.5 Å². The van der Waals surface area contributed by atoms with E-state index in [9.17, 15) is 10.0 Å². The Morgan fingerprint density at radius 1 is 1.25 bits per heavy atom. The summed E-state index contributed by atoms with van der Waals surface area (Å²) in [6.45, 7) is 2.82. The highest BCUT2D eigenvalue weighted by Crippen LogP contribution is 2.29. The number of hydrogen-bond acceptors (Lipinski definition) is 5. The lowest BCUT2D eigenvalue weighted by molar-refractivity contribution is 0.182. The van der Waals surface area contributed by atoms with E-state index < -0.39 is 5.69 Å². The molecule has 7 heteroatoms. The Labute approximate surface area is 147 Å². The summed E-state index contributed by atoms with van der Waals surface area (Å²) in [6, 6.07) is 11.4. The van der Waals surface area contributed by atoms with E-state index in [1.165, 1.54) is 6.20 Å². The van der Waals surface area contributed by atoms with Gasteiger partial charge >= 0.3 is 5.69 Å². The number of hydrogen-bond donors (Lipinski definition) is 1. The Bertz CT molecular complexity index is 909. The van der Waals surface area contributed by atoms with Crippen molar-refractivity contribution in [3.05, 3.63) is 57.6 Å². The number of halogens is 1. The van der Waals surface area contributed by atoms with E-state index in [-0.39, 0.29) is 5.65 Å². The van der Waals surface area contributed by atoms with E-state index in [2.05, 4.69) is 32.8 Å². The molecule has 0 spiro atoms. The minimum Gasteiger partial charge on any atom is -0.422 e. The van der Waals surface area contributed by atoms with Gasteiger partial charge in [0.2, 0.25) is 0 Å². The predicted octanol–water partition coefficient (Wildman–Crippen LogP) is 3.73. The quantitative estimate of drug-likeness (QED) is 0.674. The van der Waals surface area contributed by atoms with Gasteiger partial charge in [-0.1, -0.05) is 29.3 Å². The van der Waals surface area contributed by atoms with Crippen molar-refractivity contribution >= 4 is 38.5 Å². The van der Waals surface area contributed by atoms with Gasteiger partial charge in [-0.3, -0.25) is 0 Å². The number of pyridine rings is 1. The first-order valence-corrected chi connectivity index (χ1v) is 8.51. The maximum Gasteiger partial charge on any atom is 0.384 e. The molecule has 1 aromatic carbocycles. The lowest BCUT2D eigenvalue weighted by Gasteiger charge is -2.25. The van der Waals surface area contributed by atoms with E-state index in [0.717, 1.165) is 23.0 Å². The number of aromatic nitrogens is 3. The second-order valence-electron chi connectivity index (χ2n) is 5.39. The summed E-state index contributed by atoms with van der Waals surface area (Å²) in [5.41, 5.74) is 0.389. The molecule has 24 heavy (non-hydrogen) atoms. The first-order valence-electron chi connectivity index (χ1n) is 7.72. The number of fused-ring (bicyclic) bond motifs is 1. The third-order valence-electron chi connectivity index (χ3n) is 3.74. The summed E-state index contributed by atoms with van der Waals surface area (Å²) in [7, 11) is 0. The highest BCUT2D eigenvalue weighted by Gasteiger charge is 2.18. The summed E-state index contributed by atoms with van der Waals surface area (Å²) >= 11 is 3.43. The van der Waals surface area contributed by atoms with E-state index in [1.807, 2.05) is 29.2 Å². The van der Waals surface area contributed by atoms with Gasteiger partial charge in [-0.05, 0) is 42.8 Å². The molecule has 0 atom stereocenters. The zero-order valence-corrected chi connectivity index (χ0v) is 14.8. The molecule has 124 valence electrons. The van der Waals surface area contributed by atoms with Crippen LogP contribution in [0.5, 0.6) is 0 Å². The fraction of sp³-hybridized carbons (Fsp3) is 0.235. The summed E-state index contributed by atoms with van der Waals surface area (Å²) < 4.78 is 1.46. The minimum absolute atomic E-state index is 0.200. The third-order valence-corrected chi connectivity index (χ3v) is 4.27. The zero-order chi connectivity index (χ0) is 17.1. The molecule has 0 saturated carbocycles. The summed E-state index contributed by atoms with van der Waals surface area (Å²) in [5.74, 6) is 0.504. The van der Waals surface area contributed by atoms with Crippen molar-refractivity contribution in [2.45, 2.75) is 19.8 Å². The normalized spacial score (nSPS) is 10.9. The van der Waals surface area contributed by atoms with Crippen LogP contribution in [-0.2, 0) is 0 Å². The summed E-state index contributed by atoms with van der Waals surface area (Å²) in [4.78, 5) is 22.2. The third kappa shape index (κ3) is 3.12. The standard InChI is InChI=1S/C17H17BrN4O2/c1-2-3-11-21(13-8-6-12(18)7-9-13)16-14-5-4-10-19-15(14)22(24)17(23)20-16/h4-10,24H,2-3,11H2,1H3. The average molecular weight is 389 g/mol. The van der Waals surface area contributed by atoms with Crippen LogP contribution in [0.4, 0.5) is 11.5 Å². The molecular formula is C17H17BrN4O2. The second-order valence-corrected chi connectivity index (χ2v) is 6.30. The molecule has 3 rings (SSSR count). The fourth-order valence-corrected chi connectivity index (χ4v) is 2.79. The van der Waals surface area contributed by atoms with Crippen LogP contribution in [0.3, 0.4) is 0 Å². The SMILES string of the molecule is CCCCN(c1ccc(Br)cc1)c1nc(=O)n(O)c2ncccc12. The Balaban J connectivity index is 2.21. The molecule has 0 fully saturated rings. The predicted molar refractivity (Wildman–Crippen MR) is 97.0 cm³/mol. The molecule has 0 aliphatic heterocycles. The van der Waals surface area contributed by atoms with Crippen LogP contribution < -0.4 is 10.6 Å². The Morgan fingerprint density at radius 3 is 2.71 bits per heavy atom. The molecule has 0 aliphatic rings. The number of nitrogens with zero attached hydrogens (tertiary/aromatic N) is 4. The molecule has 0 radical (unpaired) electrons. The topological polar surface area (TPSA) is 71.2 Å². The average Bonchev–Trinajstić information content (AvgIpc) is 2.60. The van der Waals surface area contributed by atoms with Crippen LogP contribution in [0.25, 0.3) is 11.0 Å². The molecule has 1 N–H and O–H groups in total. The zero-order valence-electron chi connectivity index (χ0n) is 13.2. The van der Waals surface area contributed by atoms with Crippen LogP contribution in [0, 0.1) is 0 Å². The number of unbranched alkanes of at least 4 members (excludes halogenated alkanes) is 1. The van der Waals surface area contributed by atoms with Crippen molar-refractivity contribution in [2.24, 2.45) is 0 Å². The smallest absolute Gasteiger partial charge is 0.384 e. The minimum atomic E-state index is -0.741. The van der Waals surface area contributed by atoms with E-state index in [0.29, 0.717) is 22.5 Å². The van der Waals surface area contributed by atoms with Gasteiger partial charge in [0.1, 0.15) is 5.82 Å². The molecule has 0 saturated heterocycles. The van der Waals surface area contributed by atoms with Gasteiger partial charge in [0.05, 0.1) is 5.39 Å². The largest absolute Gasteiger partial charge is 0.422 e. The van der Waals surface area contributed by atoms with E-state index >= 15 is 0 Å². The Kier molecular flexibility index (Phi) is 4.80. The fourth-order valence-electron chi connectivity index (χ4n) is 2.53. The maximum atomic E-state index is 12.0. The van der Waals surface area contributed by atoms with Gasteiger partial charge in [-0.2, -0.15) is 4.98 Å². The van der Waals surface area contributed by atoms with Crippen molar-refractivity contribution in [1.82, 2.24) is 14.7 Å². The number of benzene rings is 1. The highest BCUT2D eigenvalue weighted by atomic mass is 79.9. The molecule has 2 heterocycles. The summed E-state index contributed by atoms with van der Waals surface area (Å²) in [6.07, 6.45) is 3.50. The molecule has 0 unspecified atom stereocenters. The van der Waals surface area contributed by atoms with Crippen LogP contribution in [0.15, 0.2) is 51.9 Å². The van der Waals surface area contributed by atoms with Crippen molar-refractivity contribution in [3.63, 3.8) is 0 Å². The molecule has 0 aliphatic carbocycles. The molecular weight excluding hydrogens is 372 g/mol. The van der Waals surface area contributed by atoms with Crippen LogP contribution in [0.1, 0.15) is 19.8 Å². The van der Waals surface area contributed by atoms with E-state index in [4.69, 9.17) is 0 Å². The van der Waals surface area contributed by atoms with Crippen molar-refractivity contribution in [2.75, 3.05) is 11.4 Å². The molecule has 0 bridgehead atoms. The molecule has 6 nitrogen and oxygen atoms in total. The highest BCUT2D eigenvalue weighted by molar-refractivity contribution is 9.10. The Morgan fingerprint density at radius 2 is 2.00 bits per heavy atom. The van der Waals surface area contributed by atoms with Gasteiger partial charge in [-0.15, -0.1) is 4.73 Å². The van der Waals surface area contributed by atoms with Crippen LogP contribution >= 0.6 is 15.9 Å². The van der Waals surface area contributed by atoms with Gasteiger partial charge < -0.3 is 10.1 Å².